The number of carbonyl (C=O) groups is 3. The second kappa shape index (κ2) is 13.3. The molecule has 170 valence electrons. The molecule has 31 heavy (non-hydrogen) atoms. The molecule has 1 atom stereocenters. The van der Waals surface area contributed by atoms with Crippen molar-refractivity contribution < 1.29 is 24.2 Å². The van der Waals surface area contributed by atoms with E-state index in [-0.39, 0.29) is 31.4 Å². The molecule has 0 bridgehead atoms. The Bertz CT molecular complexity index is 798. The Kier molecular flexibility index (Phi) is 10.8. The molecule has 0 aliphatic carbocycles. The predicted octanol–water partition coefficient (Wildman–Crippen LogP) is -0.805. The highest BCUT2D eigenvalue weighted by molar-refractivity contribution is 5.95. The number of amides is 4. The van der Waals surface area contributed by atoms with Gasteiger partial charge in [0.25, 0.3) is 5.96 Å². The summed E-state index contributed by atoms with van der Waals surface area (Å²) in [6.45, 7) is 0.339. The average molecular weight is 438 g/mol. The van der Waals surface area contributed by atoms with Crippen LogP contribution in [0.3, 0.4) is 0 Å². The van der Waals surface area contributed by atoms with Crippen LogP contribution in [0.2, 0.25) is 0 Å². The Morgan fingerprint density at radius 2 is 1.87 bits per heavy atom. The van der Waals surface area contributed by atoms with E-state index < -0.39 is 23.2 Å². The van der Waals surface area contributed by atoms with Crippen LogP contribution in [0.15, 0.2) is 29.3 Å². The van der Waals surface area contributed by atoms with Crippen LogP contribution < -0.4 is 37.2 Å². The molecule has 0 aromatic heterocycles. The molecular formula is C17H26N8O6. The number of benzene rings is 1. The van der Waals surface area contributed by atoms with Crippen LogP contribution >= 0.6 is 0 Å². The van der Waals surface area contributed by atoms with Crippen molar-refractivity contribution in [2.75, 3.05) is 20.6 Å². The fraction of sp³-hybridized carbons (Fsp3) is 0.412. The van der Waals surface area contributed by atoms with E-state index in [0.717, 1.165) is 5.56 Å². The van der Waals surface area contributed by atoms with E-state index in [1.54, 1.807) is 29.7 Å². The third kappa shape index (κ3) is 10.4. The van der Waals surface area contributed by atoms with Crippen molar-refractivity contribution in [1.29, 1.82) is 0 Å². The lowest BCUT2D eigenvalue weighted by molar-refractivity contribution is -0.525. The lowest BCUT2D eigenvalue weighted by Crippen LogP contribution is -2.47. The van der Waals surface area contributed by atoms with Crippen LogP contribution in [0.25, 0.3) is 0 Å². The van der Waals surface area contributed by atoms with E-state index in [1.165, 1.54) is 14.1 Å². The number of carbonyl (C=O) groups excluding carboxylic acids is 3. The van der Waals surface area contributed by atoms with Gasteiger partial charge in [0.05, 0.1) is 6.04 Å². The number of hydrogen-bond donors (Lipinski definition) is 6. The summed E-state index contributed by atoms with van der Waals surface area (Å²) in [5.41, 5.74) is 8.40. The highest BCUT2D eigenvalue weighted by Crippen LogP contribution is 2.12. The van der Waals surface area contributed by atoms with Gasteiger partial charge in [0, 0.05) is 27.2 Å². The lowest BCUT2D eigenvalue weighted by Gasteiger charge is -2.12. The van der Waals surface area contributed by atoms with E-state index in [2.05, 4.69) is 26.3 Å². The lowest BCUT2D eigenvalue weighted by atomic mass is 10.1. The molecule has 0 aliphatic rings. The van der Waals surface area contributed by atoms with E-state index in [1.807, 2.05) is 0 Å². The molecule has 7 N–H and O–H groups in total. The molecule has 0 unspecified atom stereocenters. The van der Waals surface area contributed by atoms with Crippen molar-refractivity contribution in [1.82, 2.24) is 26.7 Å². The number of nitrogens with two attached hydrogens (primary N) is 1. The standard InChI is InChI=1S/C17H26N8O6/c1-19-16(27)23-15(24-25(29)30)21-9-3-4-13(18)14(26)22-10-11-5-7-12(8-6-11)31-17(28)20-2/h5-8,13H,3-4,9-10,18H2,1-2H3,(H,20,28)(H,22,26)(H3,19,21,23,24,27)/t13-/m1/s1. The topological polar surface area (TPSA) is 202 Å². The van der Waals surface area contributed by atoms with Crippen LogP contribution in [-0.2, 0) is 11.3 Å². The van der Waals surface area contributed by atoms with Crippen LogP contribution in [0.4, 0.5) is 9.59 Å². The Balaban J connectivity index is 2.42. The second-order valence-electron chi connectivity index (χ2n) is 6.05. The van der Waals surface area contributed by atoms with Crippen LogP contribution in [0.5, 0.6) is 5.75 Å². The maximum absolute atomic E-state index is 12.1. The van der Waals surface area contributed by atoms with Crippen LogP contribution in [0, 0.1) is 10.1 Å². The highest BCUT2D eigenvalue weighted by atomic mass is 16.7. The summed E-state index contributed by atoms with van der Waals surface area (Å²) < 4.78 is 4.97. The predicted molar refractivity (Wildman–Crippen MR) is 111 cm³/mol. The zero-order valence-corrected chi connectivity index (χ0v) is 17.1. The molecular weight excluding hydrogens is 412 g/mol. The number of nitrogens with one attached hydrogen (secondary N) is 5. The minimum Gasteiger partial charge on any atom is -0.410 e. The van der Waals surface area contributed by atoms with Gasteiger partial charge in [-0.2, -0.15) is 0 Å². The van der Waals surface area contributed by atoms with E-state index in [9.17, 15) is 24.5 Å². The molecule has 0 saturated heterocycles. The van der Waals surface area contributed by atoms with E-state index in [4.69, 9.17) is 10.5 Å². The minimum atomic E-state index is -0.856. The SMILES string of the molecule is CNC(=O)NC(=NCCC[C@@H](N)C(=O)NCc1ccc(OC(=O)NC)cc1)N[N+](=O)[O-]. The quantitative estimate of drug-likeness (QED) is 0.0944. The largest absolute Gasteiger partial charge is 0.412 e. The number of nitro groups is 1. The summed E-state index contributed by atoms with van der Waals surface area (Å²) in [5.74, 6) is -0.337. The van der Waals surface area contributed by atoms with Crippen molar-refractivity contribution in [3.63, 3.8) is 0 Å². The van der Waals surface area contributed by atoms with Crippen molar-refractivity contribution >= 4 is 24.0 Å². The molecule has 0 heterocycles. The van der Waals surface area contributed by atoms with Gasteiger partial charge in [0.15, 0.2) is 5.03 Å². The van der Waals surface area contributed by atoms with Gasteiger partial charge in [-0.15, -0.1) is 0 Å². The molecule has 1 aromatic rings. The maximum atomic E-state index is 12.1. The Morgan fingerprint density at radius 3 is 2.45 bits per heavy atom. The van der Waals surface area contributed by atoms with Gasteiger partial charge in [-0.1, -0.05) is 17.6 Å². The first kappa shape index (κ1) is 25.1. The van der Waals surface area contributed by atoms with Crippen molar-refractivity contribution in [2.24, 2.45) is 10.7 Å². The molecule has 0 saturated carbocycles. The first-order chi connectivity index (χ1) is 14.7. The number of hydrazine groups is 1. The van der Waals surface area contributed by atoms with Gasteiger partial charge >= 0.3 is 12.1 Å². The molecule has 14 nitrogen and oxygen atoms in total. The number of aliphatic imine (C=N–C) groups is 1. The fourth-order valence-electron chi connectivity index (χ4n) is 2.15. The summed E-state index contributed by atoms with van der Waals surface area (Å²) in [6, 6.07) is 5.11. The summed E-state index contributed by atoms with van der Waals surface area (Å²) in [5, 5.41) is 19.1. The molecule has 1 rings (SSSR count). The number of ether oxygens (including phenoxy) is 1. The summed E-state index contributed by atoms with van der Waals surface area (Å²) in [4.78, 5) is 48.9. The van der Waals surface area contributed by atoms with E-state index in [0.29, 0.717) is 12.2 Å². The fourth-order valence-corrected chi connectivity index (χ4v) is 2.15. The Hall–Kier alpha value is -3.94. The Labute approximate surface area is 178 Å². The summed E-state index contributed by atoms with van der Waals surface area (Å²) in [6.07, 6.45) is 0.0559. The molecule has 0 radical (unpaired) electrons. The van der Waals surface area contributed by atoms with Gasteiger partial charge in [-0.3, -0.25) is 10.1 Å². The number of nitrogens with zero attached hydrogens (tertiary/aromatic N) is 2. The zero-order valence-electron chi connectivity index (χ0n) is 17.1. The van der Waals surface area contributed by atoms with Gasteiger partial charge in [0.1, 0.15) is 5.75 Å². The van der Waals surface area contributed by atoms with Gasteiger partial charge in [-0.25, -0.2) is 24.7 Å². The average Bonchev–Trinajstić information content (AvgIpc) is 2.74. The molecule has 0 fully saturated rings. The van der Waals surface area contributed by atoms with Crippen molar-refractivity contribution in [3.8, 4) is 5.75 Å². The van der Waals surface area contributed by atoms with Gasteiger partial charge in [0.2, 0.25) is 5.91 Å². The molecule has 4 amide bonds. The second-order valence-corrected chi connectivity index (χ2v) is 6.05. The van der Waals surface area contributed by atoms with E-state index >= 15 is 0 Å². The van der Waals surface area contributed by atoms with Crippen LogP contribution in [-0.4, -0.2) is 55.7 Å². The van der Waals surface area contributed by atoms with Gasteiger partial charge in [-0.05, 0) is 30.5 Å². The zero-order chi connectivity index (χ0) is 23.2. The van der Waals surface area contributed by atoms with Crippen molar-refractivity contribution in [3.05, 3.63) is 39.9 Å². The molecule has 1 aromatic carbocycles. The smallest absolute Gasteiger partial charge is 0.410 e. The number of guanidine groups is 1. The normalized spacial score (nSPS) is 11.6. The third-order valence-corrected chi connectivity index (χ3v) is 3.74. The number of urea groups is 1. The van der Waals surface area contributed by atoms with Gasteiger partial charge < -0.3 is 26.4 Å². The van der Waals surface area contributed by atoms with Crippen molar-refractivity contribution in [2.45, 2.75) is 25.4 Å². The first-order valence-corrected chi connectivity index (χ1v) is 9.21. The Morgan fingerprint density at radius 1 is 1.19 bits per heavy atom. The number of hydrogen-bond acceptors (Lipinski definition) is 8. The monoisotopic (exact) mass is 438 g/mol. The molecule has 14 heteroatoms. The summed E-state index contributed by atoms with van der Waals surface area (Å²) in [7, 11) is 2.80. The third-order valence-electron chi connectivity index (χ3n) is 3.74. The maximum Gasteiger partial charge on any atom is 0.412 e. The molecule has 0 spiro atoms. The minimum absolute atomic E-state index is 0.105. The summed E-state index contributed by atoms with van der Waals surface area (Å²) >= 11 is 0. The number of rotatable bonds is 9. The first-order valence-electron chi connectivity index (χ1n) is 9.21. The van der Waals surface area contributed by atoms with Crippen LogP contribution in [0.1, 0.15) is 18.4 Å². The molecule has 0 aliphatic heterocycles. The highest BCUT2D eigenvalue weighted by Gasteiger charge is 2.13.